The molecular formula is C25H22O3. The van der Waals surface area contributed by atoms with Crippen LogP contribution >= 0.6 is 0 Å². The Balaban J connectivity index is 1.73. The third-order valence-electron chi connectivity index (χ3n) is 4.98. The molecule has 3 nitrogen and oxygen atoms in total. The Bertz CT molecular complexity index is 977. The molecule has 2 unspecified atom stereocenters. The molecule has 3 heteroatoms. The average molecular weight is 370 g/mol. The van der Waals surface area contributed by atoms with E-state index in [0.29, 0.717) is 18.1 Å². The molecule has 0 aliphatic carbocycles. The van der Waals surface area contributed by atoms with Crippen LogP contribution in [-0.4, -0.2) is 12.4 Å². The molecule has 4 rings (SSSR count). The van der Waals surface area contributed by atoms with Gasteiger partial charge in [0.05, 0.1) is 12.5 Å². The summed E-state index contributed by atoms with van der Waals surface area (Å²) in [5.41, 5.74) is 3.82. The Labute approximate surface area is 165 Å². The fraction of sp³-hybridized carbons (Fsp3) is 0.160. The van der Waals surface area contributed by atoms with Gasteiger partial charge in [0.25, 0.3) is 0 Å². The maximum Gasteiger partial charge on any atom is 0.137 e. The van der Waals surface area contributed by atoms with Crippen molar-refractivity contribution in [2.24, 2.45) is 0 Å². The molecule has 3 aromatic rings. The highest BCUT2D eigenvalue weighted by Gasteiger charge is 2.32. The molecule has 0 saturated carbocycles. The second kappa shape index (κ2) is 8.24. The molecule has 3 aromatic carbocycles. The van der Waals surface area contributed by atoms with Gasteiger partial charge in [0.15, 0.2) is 0 Å². The highest BCUT2D eigenvalue weighted by atomic mass is 16.5. The number of rotatable bonds is 6. The predicted molar refractivity (Wildman–Crippen MR) is 110 cm³/mol. The van der Waals surface area contributed by atoms with Gasteiger partial charge in [-0.05, 0) is 24.1 Å². The van der Waals surface area contributed by atoms with Crippen LogP contribution in [0.3, 0.4) is 0 Å². The Morgan fingerprint density at radius 2 is 1.57 bits per heavy atom. The zero-order valence-electron chi connectivity index (χ0n) is 15.7. The van der Waals surface area contributed by atoms with Crippen LogP contribution in [0.25, 0.3) is 5.57 Å². The van der Waals surface area contributed by atoms with Gasteiger partial charge in [-0.25, -0.2) is 0 Å². The van der Waals surface area contributed by atoms with E-state index in [1.54, 1.807) is 0 Å². The van der Waals surface area contributed by atoms with E-state index in [0.717, 1.165) is 28.5 Å². The van der Waals surface area contributed by atoms with Gasteiger partial charge in [-0.3, -0.25) is 0 Å². The van der Waals surface area contributed by atoms with Crippen molar-refractivity contribution >= 4 is 11.9 Å². The summed E-state index contributed by atoms with van der Waals surface area (Å²) in [6.07, 6.45) is 0.694. The summed E-state index contributed by atoms with van der Waals surface area (Å²) in [6, 6.07) is 27.7. The van der Waals surface area contributed by atoms with Crippen molar-refractivity contribution in [2.45, 2.75) is 25.6 Å². The summed E-state index contributed by atoms with van der Waals surface area (Å²) in [7, 11) is 0. The third-order valence-corrected chi connectivity index (χ3v) is 4.98. The minimum absolute atomic E-state index is 0.300. The largest absolute Gasteiger partial charge is 0.458 e. The SMILES string of the molecule is CC(OCc1ccccc1)C1=C(c2ccccc2)C(C=O)c2ccccc2O1. The van der Waals surface area contributed by atoms with Gasteiger partial charge in [-0.2, -0.15) is 0 Å². The second-order valence-electron chi connectivity index (χ2n) is 6.84. The Hall–Kier alpha value is -3.17. The number of hydrogen-bond acceptors (Lipinski definition) is 3. The van der Waals surface area contributed by atoms with E-state index in [-0.39, 0.29) is 12.0 Å². The molecule has 0 saturated heterocycles. The molecule has 1 aliphatic heterocycles. The van der Waals surface area contributed by atoms with E-state index in [4.69, 9.17) is 9.47 Å². The number of hydrogen-bond donors (Lipinski definition) is 0. The maximum absolute atomic E-state index is 12.1. The number of aldehydes is 1. The number of para-hydroxylation sites is 1. The van der Waals surface area contributed by atoms with Crippen molar-refractivity contribution < 1.29 is 14.3 Å². The van der Waals surface area contributed by atoms with Gasteiger partial charge < -0.3 is 14.3 Å². The monoisotopic (exact) mass is 370 g/mol. The third kappa shape index (κ3) is 3.62. The smallest absolute Gasteiger partial charge is 0.137 e. The van der Waals surface area contributed by atoms with Crippen molar-refractivity contribution in [1.29, 1.82) is 0 Å². The van der Waals surface area contributed by atoms with Crippen molar-refractivity contribution in [1.82, 2.24) is 0 Å². The zero-order chi connectivity index (χ0) is 19.3. The lowest BCUT2D eigenvalue weighted by molar-refractivity contribution is -0.108. The molecule has 0 fully saturated rings. The van der Waals surface area contributed by atoms with Gasteiger partial charge in [0.1, 0.15) is 23.9 Å². The molecule has 0 amide bonds. The van der Waals surface area contributed by atoms with Gasteiger partial charge >= 0.3 is 0 Å². The van der Waals surface area contributed by atoms with Crippen LogP contribution in [0.15, 0.2) is 90.7 Å². The molecule has 0 aromatic heterocycles. The van der Waals surface area contributed by atoms with E-state index in [2.05, 4.69) is 0 Å². The first kappa shape index (κ1) is 18.2. The lowest BCUT2D eigenvalue weighted by Crippen LogP contribution is -2.24. The van der Waals surface area contributed by atoms with Crippen molar-refractivity contribution in [3.63, 3.8) is 0 Å². The summed E-state index contributed by atoms with van der Waals surface area (Å²) in [4.78, 5) is 12.1. The van der Waals surface area contributed by atoms with Gasteiger partial charge in [-0.1, -0.05) is 78.9 Å². The summed E-state index contributed by atoms with van der Waals surface area (Å²) in [5.74, 6) is 1.02. The molecule has 1 aliphatic rings. The Morgan fingerprint density at radius 3 is 2.29 bits per heavy atom. The first-order valence-corrected chi connectivity index (χ1v) is 9.45. The molecule has 2 atom stereocenters. The fourth-order valence-electron chi connectivity index (χ4n) is 3.57. The van der Waals surface area contributed by atoms with Gasteiger partial charge in [-0.15, -0.1) is 0 Å². The molecule has 0 radical (unpaired) electrons. The molecular weight excluding hydrogens is 348 g/mol. The highest BCUT2D eigenvalue weighted by molar-refractivity contribution is 5.90. The second-order valence-corrected chi connectivity index (χ2v) is 6.84. The quantitative estimate of drug-likeness (QED) is 0.547. The number of carbonyl (C=O) groups is 1. The predicted octanol–water partition coefficient (Wildman–Crippen LogP) is 5.38. The molecule has 140 valence electrons. The number of carbonyl (C=O) groups excluding carboxylic acids is 1. The van der Waals surface area contributed by atoms with Crippen LogP contribution in [0.5, 0.6) is 5.75 Å². The van der Waals surface area contributed by atoms with E-state index < -0.39 is 0 Å². The lowest BCUT2D eigenvalue weighted by Gasteiger charge is -2.31. The minimum Gasteiger partial charge on any atom is -0.458 e. The highest BCUT2D eigenvalue weighted by Crippen LogP contribution is 2.44. The van der Waals surface area contributed by atoms with Crippen molar-refractivity contribution in [2.75, 3.05) is 0 Å². The number of fused-ring (bicyclic) bond motifs is 1. The van der Waals surface area contributed by atoms with Crippen LogP contribution in [0, 0.1) is 0 Å². The summed E-state index contributed by atoms with van der Waals surface area (Å²) in [5, 5.41) is 0. The van der Waals surface area contributed by atoms with Crippen LogP contribution in [0.1, 0.15) is 29.5 Å². The van der Waals surface area contributed by atoms with Crippen LogP contribution in [-0.2, 0) is 16.1 Å². The topological polar surface area (TPSA) is 35.5 Å². The molecule has 0 bridgehead atoms. The van der Waals surface area contributed by atoms with Gasteiger partial charge in [0.2, 0.25) is 0 Å². The van der Waals surface area contributed by atoms with Crippen LogP contribution in [0.4, 0.5) is 0 Å². The normalized spacial score (nSPS) is 16.8. The first-order chi connectivity index (χ1) is 13.8. The summed E-state index contributed by atoms with van der Waals surface area (Å²) in [6.45, 7) is 2.45. The standard InChI is InChI=1S/C25H22O3/c1-18(27-17-19-10-4-2-5-11-19)25-24(20-12-6-3-7-13-20)22(16-26)21-14-8-9-15-23(21)28-25/h2-16,18,22H,17H2,1H3. The van der Waals surface area contributed by atoms with Crippen LogP contribution < -0.4 is 4.74 Å². The zero-order valence-corrected chi connectivity index (χ0v) is 15.7. The van der Waals surface area contributed by atoms with Crippen LogP contribution in [0.2, 0.25) is 0 Å². The van der Waals surface area contributed by atoms with E-state index in [1.165, 1.54) is 0 Å². The molecule has 0 spiro atoms. The van der Waals surface area contributed by atoms with E-state index >= 15 is 0 Å². The summed E-state index contributed by atoms with van der Waals surface area (Å²) >= 11 is 0. The Kier molecular flexibility index (Phi) is 5.36. The van der Waals surface area contributed by atoms with Crippen molar-refractivity contribution in [3.05, 3.63) is 107 Å². The lowest BCUT2D eigenvalue weighted by atomic mass is 9.84. The maximum atomic E-state index is 12.1. The molecule has 28 heavy (non-hydrogen) atoms. The first-order valence-electron chi connectivity index (χ1n) is 9.45. The number of allylic oxidation sites excluding steroid dienone is 1. The van der Waals surface area contributed by atoms with Gasteiger partial charge in [0, 0.05) is 11.1 Å². The van der Waals surface area contributed by atoms with E-state index in [1.807, 2.05) is 91.9 Å². The number of ether oxygens (including phenoxy) is 2. The Morgan fingerprint density at radius 1 is 0.929 bits per heavy atom. The summed E-state index contributed by atoms with van der Waals surface area (Å²) < 4.78 is 12.4. The fourth-order valence-corrected chi connectivity index (χ4v) is 3.57. The number of benzene rings is 3. The van der Waals surface area contributed by atoms with E-state index in [9.17, 15) is 4.79 Å². The molecule has 0 N–H and O–H groups in total. The molecule has 1 heterocycles. The minimum atomic E-state index is -0.384. The van der Waals surface area contributed by atoms with Crippen molar-refractivity contribution in [3.8, 4) is 5.75 Å². The average Bonchev–Trinajstić information content (AvgIpc) is 2.77.